The number of nitrogen functional groups attached to an aromatic ring is 1. The smallest absolute Gasteiger partial charge is 0.311 e. The second-order valence-electron chi connectivity index (χ2n) is 5.03. The topological polar surface area (TPSA) is 106 Å². The van der Waals surface area contributed by atoms with Crippen LogP contribution in [0, 0.1) is 15.5 Å². The van der Waals surface area contributed by atoms with Gasteiger partial charge in [-0.1, -0.05) is 13.3 Å². The molecule has 2 rings (SSSR count). The van der Waals surface area contributed by atoms with Crippen LogP contribution in [0.5, 0.6) is 0 Å². The summed E-state index contributed by atoms with van der Waals surface area (Å²) in [6.07, 6.45) is 4.64. The van der Waals surface area contributed by atoms with E-state index in [4.69, 9.17) is 5.84 Å². The molecule has 1 heterocycles. The third-order valence-corrected chi connectivity index (χ3v) is 4.01. The maximum absolute atomic E-state index is 11.0. The minimum absolute atomic E-state index is 0.0235. The highest BCUT2D eigenvalue weighted by Crippen LogP contribution is 2.44. The molecule has 1 saturated carbocycles. The first kappa shape index (κ1) is 13.5. The van der Waals surface area contributed by atoms with Crippen LogP contribution in [0.2, 0.25) is 0 Å². The highest BCUT2D eigenvalue weighted by atomic mass is 16.6. The molecule has 0 radical (unpaired) electrons. The zero-order valence-corrected chi connectivity index (χ0v) is 11.0. The lowest BCUT2D eigenvalue weighted by Gasteiger charge is -2.41. The van der Waals surface area contributed by atoms with Crippen molar-refractivity contribution in [3.8, 4) is 0 Å². The van der Waals surface area contributed by atoms with Crippen LogP contribution in [0.4, 0.5) is 17.3 Å². The highest BCUT2D eigenvalue weighted by molar-refractivity contribution is 5.60. The van der Waals surface area contributed by atoms with E-state index in [9.17, 15) is 10.1 Å². The number of aromatic nitrogens is 1. The molecule has 0 spiro atoms. The Morgan fingerprint density at radius 2 is 2.26 bits per heavy atom. The third kappa shape index (κ3) is 2.76. The van der Waals surface area contributed by atoms with Gasteiger partial charge in [0.25, 0.3) is 0 Å². The number of hydrogen-bond acceptors (Lipinski definition) is 6. The Balaban J connectivity index is 2.15. The zero-order chi connectivity index (χ0) is 13.9. The Hall–Kier alpha value is -1.89. The molecule has 0 saturated heterocycles. The van der Waals surface area contributed by atoms with Gasteiger partial charge in [-0.3, -0.25) is 10.1 Å². The Morgan fingerprint density at radius 3 is 2.74 bits per heavy atom. The number of hydrogen-bond donors (Lipinski definition) is 3. The van der Waals surface area contributed by atoms with Crippen molar-refractivity contribution in [2.24, 2.45) is 11.3 Å². The molecule has 19 heavy (non-hydrogen) atoms. The summed E-state index contributed by atoms with van der Waals surface area (Å²) in [5.74, 6) is 5.97. The number of nitrogens with two attached hydrogens (primary N) is 1. The van der Waals surface area contributed by atoms with Gasteiger partial charge in [0.15, 0.2) is 0 Å². The third-order valence-electron chi connectivity index (χ3n) is 4.01. The van der Waals surface area contributed by atoms with E-state index < -0.39 is 4.92 Å². The fourth-order valence-corrected chi connectivity index (χ4v) is 2.41. The van der Waals surface area contributed by atoms with Crippen molar-refractivity contribution in [1.29, 1.82) is 0 Å². The zero-order valence-electron chi connectivity index (χ0n) is 11.0. The number of nitro groups is 1. The molecule has 1 fully saturated rings. The number of rotatable bonds is 6. The van der Waals surface area contributed by atoms with Crippen LogP contribution in [0.15, 0.2) is 12.1 Å². The standard InChI is InChI=1S/C12H19N5O2/c1-2-12(6-3-7-12)8-14-11-9(17(18)19)4-5-10(15-11)16-13/h4-5H,2-3,6-8,13H2,1H3,(H2,14,15,16). The maximum Gasteiger partial charge on any atom is 0.311 e. The fraction of sp³-hybridized carbons (Fsp3) is 0.583. The molecule has 1 aromatic heterocycles. The summed E-state index contributed by atoms with van der Waals surface area (Å²) >= 11 is 0. The predicted molar refractivity (Wildman–Crippen MR) is 73.8 cm³/mol. The average Bonchev–Trinajstić information content (AvgIpc) is 2.37. The van der Waals surface area contributed by atoms with Crippen LogP contribution in [0.1, 0.15) is 32.6 Å². The molecule has 1 aromatic rings. The van der Waals surface area contributed by atoms with Crippen molar-refractivity contribution in [1.82, 2.24) is 4.98 Å². The lowest BCUT2D eigenvalue weighted by Crippen LogP contribution is -2.36. The van der Waals surface area contributed by atoms with Crippen molar-refractivity contribution in [2.75, 3.05) is 17.3 Å². The minimum atomic E-state index is -0.435. The summed E-state index contributed by atoms with van der Waals surface area (Å²) in [6, 6.07) is 2.90. The second-order valence-corrected chi connectivity index (χ2v) is 5.03. The first-order valence-corrected chi connectivity index (χ1v) is 6.46. The van der Waals surface area contributed by atoms with Crippen molar-refractivity contribution < 1.29 is 4.92 Å². The lowest BCUT2D eigenvalue weighted by atomic mass is 9.67. The summed E-state index contributed by atoms with van der Waals surface area (Å²) in [4.78, 5) is 14.7. The van der Waals surface area contributed by atoms with Crippen LogP contribution in [-0.4, -0.2) is 16.5 Å². The molecule has 0 bridgehead atoms. The summed E-state index contributed by atoms with van der Waals surface area (Å²) in [7, 11) is 0. The summed E-state index contributed by atoms with van der Waals surface area (Å²) in [5, 5.41) is 14.1. The molecule has 0 aromatic carbocycles. The van der Waals surface area contributed by atoms with Gasteiger partial charge >= 0.3 is 5.69 Å². The van der Waals surface area contributed by atoms with Crippen molar-refractivity contribution >= 4 is 17.3 Å². The normalized spacial score (nSPS) is 16.5. The molecule has 0 amide bonds. The minimum Gasteiger partial charge on any atom is -0.364 e. The van der Waals surface area contributed by atoms with Gasteiger partial charge in [0.2, 0.25) is 5.82 Å². The number of pyridine rings is 1. The molecular formula is C12H19N5O2. The van der Waals surface area contributed by atoms with Gasteiger partial charge < -0.3 is 10.7 Å². The van der Waals surface area contributed by atoms with Crippen LogP contribution in [0.3, 0.4) is 0 Å². The van der Waals surface area contributed by atoms with Gasteiger partial charge in [-0.15, -0.1) is 0 Å². The molecule has 4 N–H and O–H groups in total. The Kier molecular flexibility index (Phi) is 3.84. The van der Waals surface area contributed by atoms with Gasteiger partial charge in [0.1, 0.15) is 5.82 Å². The predicted octanol–water partition coefficient (Wildman–Crippen LogP) is 2.27. The first-order chi connectivity index (χ1) is 9.10. The van der Waals surface area contributed by atoms with E-state index in [1.165, 1.54) is 31.4 Å². The van der Waals surface area contributed by atoms with Crippen molar-refractivity contribution in [2.45, 2.75) is 32.6 Å². The van der Waals surface area contributed by atoms with E-state index in [0.717, 1.165) is 6.42 Å². The summed E-state index contributed by atoms with van der Waals surface area (Å²) in [5.41, 5.74) is 2.64. The van der Waals surface area contributed by atoms with E-state index >= 15 is 0 Å². The van der Waals surface area contributed by atoms with E-state index in [-0.39, 0.29) is 16.9 Å². The Morgan fingerprint density at radius 1 is 1.53 bits per heavy atom. The molecule has 1 aliphatic carbocycles. The van der Waals surface area contributed by atoms with Gasteiger partial charge in [-0.05, 0) is 30.7 Å². The van der Waals surface area contributed by atoms with Gasteiger partial charge in [-0.2, -0.15) is 0 Å². The largest absolute Gasteiger partial charge is 0.364 e. The molecule has 7 heteroatoms. The molecule has 104 valence electrons. The quantitative estimate of drug-likeness (QED) is 0.414. The monoisotopic (exact) mass is 265 g/mol. The lowest BCUT2D eigenvalue weighted by molar-refractivity contribution is -0.384. The highest BCUT2D eigenvalue weighted by Gasteiger charge is 2.35. The second kappa shape index (κ2) is 5.40. The summed E-state index contributed by atoms with van der Waals surface area (Å²) in [6.45, 7) is 2.87. The van der Waals surface area contributed by atoms with E-state index in [1.807, 2.05) is 0 Å². The first-order valence-electron chi connectivity index (χ1n) is 6.46. The molecule has 7 nitrogen and oxygen atoms in total. The molecular weight excluding hydrogens is 246 g/mol. The van der Waals surface area contributed by atoms with E-state index in [1.54, 1.807) is 0 Å². The van der Waals surface area contributed by atoms with Crippen LogP contribution in [0.25, 0.3) is 0 Å². The van der Waals surface area contributed by atoms with Crippen LogP contribution < -0.4 is 16.6 Å². The Labute approximate surface area is 111 Å². The average molecular weight is 265 g/mol. The van der Waals surface area contributed by atoms with Gasteiger partial charge in [0, 0.05) is 12.6 Å². The molecule has 0 aliphatic heterocycles. The number of nitrogens with zero attached hydrogens (tertiary/aromatic N) is 2. The van der Waals surface area contributed by atoms with Gasteiger partial charge in [0.05, 0.1) is 4.92 Å². The van der Waals surface area contributed by atoms with Crippen LogP contribution >= 0.6 is 0 Å². The van der Waals surface area contributed by atoms with Crippen LogP contribution in [-0.2, 0) is 0 Å². The summed E-state index contributed by atoms with van der Waals surface area (Å²) < 4.78 is 0. The number of nitrogens with one attached hydrogen (secondary N) is 2. The number of hydrazine groups is 1. The number of anilines is 2. The molecule has 0 unspecified atom stereocenters. The maximum atomic E-state index is 11.0. The Bertz CT molecular complexity index is 468. The van der Waals surface area contributed by atoms with Crippen molar-refractivity contribution in [3.05, 3.63) is 22.2 Å². The van der Waals surface area contributed by atoms with Crippen molar-refractivity contribution in [3.63, 3.8) is 0 Å². The SMILES string of the molecule is CCC1(CNc2nc(NN)ccc2[N+](=O)[O-])CCC1. The van der Waals surface area contributed by atoms with Gasteiger partial charge in [-0.25, -0.2) is 10.8 Å². The molecule has 1 aliphatic rings. The fourth-order valence-electron chi connectivity index (χ4n) is 2.41. The van der Waals surface area contributed by atoms with E-state index in [0.29, 0.717) is 12.4 Å². The molecule has 0 atom stereocenters. The van der Waals surface area contributed by atoms with E-state index in [2.05, 4.69) is 22.7 Å².